The Morgan fingerprint density at radius 3 is 2.31 bits per heavy atom. The van der Waals surface area contributed by atoms with Gasteiger partial charge in [-0.05, 0) is 25.1 Å². The molecule has 2 aliphatic rings. The number of amides is 3. The van der Waals surface area contributed by atoms with Gasteiger partial charge in [-0.1, -0.05) is 0 Å². The third kappa shape index (κ3) is 3.54. The van der Waals surface area contributed by atoms with Crippen LogP contribution in [0.1, 0.15) is 24.2 Å². The molecular weight excluding hydrogens is 338 g/mol. The average molecular weight is 359 g/mol. The van der Waals surface area contributed by atoms with Gasteiger partial charge in [-0.2, -0.15) is 0 Å². The van der Waals surface area contributed by atoms with E-state index in [1.54, 1.807) is 28.0 Å². The van der Waals surface area contributed by atoms with Crippen LogP contribution in [0.2, 0.25) is 0 Å². The third-order valence-corrected chi connectivity index (χ3v) is 4.68. The van der Waals surface area contributed by atoms with E-state index < -0.39 is 0 Å². The summed E-state index contributed by atoms with van der Waals surface area (Å²) in [5.74, 6) is -0.177. The van der Waals surface area contributed by atoms with Crippen LogP contribution in [0.5, 0.6) is 5.75 Å². The highest BCUT2D eigenvalue weighted by molar-refractivity contribution is 6.04. The summed E-state index contributed by atoms with van der Waals surface area (Å²) in [6.07, 6.45) is 0. The highest BCUT2D eigenvalue weighted by Crippen LogP contribution is 2.33. The van der Waals surface area contributed by atoms with E-state index >= 15 is 0 Å². The number of fused-ring (bicyclic) bond motifs is 1. The topological polar surface area (TPSA) is 87.2 Å². The summed E-state index contributed by atoms with van der Waals surface area (Å²) in [6, 6.07) is 4.86. The van der Waals surface area contributed by atoms with Crippen LogP contribution in [0.15, 0.2) is 18.2 Å². The summed E-state index contributed by atoms with van der Waals surface area (Å²) >= 11 is 0. The molecule has 0 saturated carbocycles. The highest BCUT2D eigenvalue weighted by atomic mass is 16.5. The number of Topliss-reactive ketones (excluding diaryl/α,β-unsaturated/α-hetero) is 1. The molecule has 1 aromatic carbocycles. The minimum absolute atomic E-state index is 0.00820. The van der Waals surface area contributed by atoms with Crippen molar-refractivity contribution in [1.29, 1.82) is 0 Å². The number of carbonyl (C=O) groups excluding carboxylic acids is 4. The van der Waals surface area contributed by atoms with Crippen molar-refractivity contribution in [2.75, 3.05) is 44.2 Å². The molecule has 3 rings (SSSR count). The number of hydrogen-bond donors (Lipinski definition) is 0. The van der Waals surface area contributed by atoms with Gasteiger partial charge in [-0.25, -0.2) is 0 Å². The molecule has 0 bridgehead atoms. The minimum atomic E-state index is -0.325. The molecule has 1 saturated heterocycles. The molecule has 0 N–H and O–H groups in total. The average Bonchev–Trinajstić information content (AvgIpc) is 2.63. The van der Waals surface area contributed by atoms with Crippen molar-refractivity contribution in [3.05, 3.63) is 23.8 Å². The lowest BCUT2D eigenvalue weighted by Gasteiger charge is -2.36. The standard InChI is InChI=1S/C18H21N3O5/c1-12(22)14-3-4-16-15(9-14)21(18(25)11-26-16)10-17(24)20-7-5-19(6-8-20)13(2)23/h3-4,9H,5-8,10-11H2,1-2H3. The molecule has 0 atom stereocenters. The molecule has 2 aliphatic heterocycles. The Morgan fingerprint density at radius 1 is 1.04 bits per heavy atom. The van der Waals surface area contributed by atoms with Gasteiger partial charge in [-0.15, -0.1) is 0 Å². The van der Waals surface area contributed by atoms with Gasteiger partial charge < -0.3 is 14.5 Å². The second-order valence-corrected chi connectivity index (χ2v) is 6.39. The number of benzene rings is 1. The fourth-order valence-corrected chi connectivity index (χ4v) is 3.10. The number of ether oxygens (including phenoxy) is 1. The van der Waals surface area contributed by atoms with Crippen LogP contribution in [-0.2, 0) is 14.4 Å². The lowest BCUT2D eigenvalue weighted by Crippen LogP contribution is -2.53. The van der Waals surface area contributed by atoms with Crippen LogP contribution in [0.3, 0.4) is 0 Å². The Hall–Kier alpha value is -2.90. The number of ketones is 1. The summed E-state index contributed by atoms with van der Waals surface area (Å²) in [6.45, 7) is 4.56. The van der Waals surface area contributed by atoms with Crippen molar-refractivity contribution in [3.8, 4) is 5.75 Å². The van der Waals surface area contributed by atoms with Gasteiger partial charge in [0.05, 0.1) is 5.69 Å². The van der Waals surface area contributed by atoms with Crippen molar-refractivity contribution in [2.24, 2.45) is 0 Å². The fourth-order valence-electron chi connectivity index (χ4n) is 3.10. The summed E-state index contributed by atoms with van der Waals surface area (Å²) in [4.78, 5) is 52.6. The first kappa shape index (κ1) is 17.9. The largest absolute Gasteiger partial charge is 0.482 e. The van der Waals surface area contributed by atoms with Gasteiger partial charge in [0.15, 0.2) is 12.4 Å². The second kappa shape index (κ2) is 7.15. The summed E-state index contributed by atoms with van der Waals surface area (Å²) < 4.78 is 5.40. The Labute approximate surface area is 151 Å². The monoisotopic (exact) mass is 359 g/mol. The number of piperazine rings is 1. The first-order valence-electron chi connectivity index (χ1n) is 8.48. The molecule has 0 unspecified atom stereocenters. The van der Waals surface area contributed by atoms with Crippen LogP contribution < -0.4 is 9.64 Å². The molecular formula is C18H21N3O5. The van der Waals surface area contributed by atoms with E-state index in [-0.39, 0.29) is 36.7 Å². The first-order chi connectivity index (χ1) is 12.4. The third-order valence-electron chi connectivity index (χ3n) is 4.68. The summed E-state index contributed by atoms with van der Waals surface area (Å²) in [5, 5.41) is 0. The van der Waals surface area contributed by atoms with Crippen LogP contribution in [0, 0.1) is 0 Å². The van der Waals surface area contributed by atoms with Crippen molar-refractivity contribution in [3.63, 3.8) is 0 Å². The van der Waals surface area contributed by atoms with Gasteiger partial charge in [0.1, 0.15) is 12.3 Å². The molecule has 26 heavy (non-hydrogen) atoms. The van der Waals surface area contributed by atoms with Crippen molar-refractivity contribution >= 4 is 29.2 Å². The van der Waals surface area contributed by atoms with E-state index in [9.17, 15) is 19.2 Å². The van der Waals surface area contributed by atoms with Crippen molar-refractivity contribution in [1.82, 2.24) is 9.80 Å². The first-order valence-corrected chi connectivity index (χ1v) is 8.48. The molecule has 8 heteroatoms. The maximum absolute atomic E-state index is 12.6. The molecule has 0 radical (unpaired) electrons. The van der Waals surface area contributed by atoms with Gasteiger partial charge in [0.2, 0.25) is 11.8 Å². The van der Waals surface area contributed by atoms with E-state index in [1.807, 2.05) is 0 Å². The van der Waals surface area contributed by atoms with Crippen LogP contribution >= 0.6 is 0 Å². The van der Waals surface area contributed by atoms with E-state index in [1.165, 1.54) is 18.7 Å². The van der Waals surface area contributed by atoms with Gasteiger partial charge in [0.25, 0.3) is 5.91 Å². The Kier molecular flexibility index (Phi) is 4.92. The SMILES string of the molecule is CC(=O)c1ccc2c(c1)N(CC(=O)N1CCN(C(C)=O)CC1)C(=O)CO2. The fraction of sp³-hybridized carbons (Fsp3) is 0.444. The summed E-state index contributed by atoms with van der Waals surface area (Å²) in [7, 11) is 0. The lowest BCUT2D eigenvalue weighted by atomic mass is 10.1. The molecule has 138 valence electrons. The van der Waals surface area contributed by atoms with E-state index in [4.69, 9.17) is 4.74 Å². The number of hydrogen-bond acceptors (Lipinski definition) is 5. The molecule has 0 aliphatic carbocycles. The number of anilines is 1. The zero-order chi connectivity index (χ0) is 18.8. The molecule has 1 aromatic rings. The Bertz CT molecular complexity index is 768. The molecule has 0 aromatic heterocycles. The zero-order valence-electron chi connectivity index (χ0n) is 14.9. The number of rotatable bonds is 3. The number of nitrogens with zero attached hydrogens (tertiary/aromatic N) is 3. The maximum Gasteiger partial charge on any atom is 0.265 e. The molecule has 2 heterocycles. The second-order valence-electron chi connectivity index (χ2n) is 6.39. The normalized spacial score (nSPS) is 16.8. The van der Waals surface area contributed by atoms with E-state index in [0.29, 0.717) is 43.2 Å². The van der Waals surface area contributed by atoms with Crippen molar-refractivity contribution in [2.45, 2.75) is 13.8 Å². The Morgan fingerprint density at radius 2 is 1.69 bits per heavy atom. The lowest BCUT2D eigenvalue weighted by molar-refractivity contribution is -0.138. The predicted octanol–water partition coefficient (Wildman–Crippen LogP) is 0.305. The quantitative estimate of drug-likeness (QED) is 0.725. The molecule has 8 nitrogen and oxygen atoms in total. The Balaban J connectivity index is 1.74. The van der Waals surface area contributed by atoms with Crippen molar-refractivity contribution < 1.29 is 23.9 Å². The number of carbonyl (C=O) groups is 4. The zero-order valence-corrected chi connectivity index (χ0v) is 14.9. The molecule has 3 amide bonds. The molecule has 0 spiro atoms. The highest BCUT2D eigenvalue weighted by Gasteiger charge is 2.30. The van der Waals surface area contributed by atoms with Gasteiger partial charge in [0, 0.05) is 38.7 Å². The minimum Gasteiger partial charge on any atom is -0.482 e. The van der Waals surface area contributed by atoms with Crippen LogP contribution in [0.4, 0.5) is 5.69 Å². The van der Waals surface area contributed by atoms with Crippen LogP contribution in [0.25, 0.3) is 0 Å². The van der Waals surface area contributed by atoms with Crippen LogP contribution in [-0.4, -0.2) is 72.6 Å². The smallest absolute Gasteiger partial charge is 0.265 e. The van der Waals surface area contributed by atoms with Gasteiger partial charge in [-0.3, -0.25) is 24.1 Å². The van der Waals surface area contributed by atoms with Gasteiger partial charge >= 0.3 is 0 Å². The van der Waals surface area contributed by atoms with E-state index in [0.717, 1.165) is 0 Å². The molecule has 1 fully saturated rings. The maximum atomic E-state index is 12.6. The van der Waals surface area contributed by atoms with E-state index in [2.05, 4.69) is 0 Å². The predicted molar refractivity (Wildman–Crippen MR) is 93.1 cm³/mol. The summed E-state index contributed by atoms with van der Waals surface area (Å²) in [5.41, 5.74) is 0.888.